The lowest BCUT2D eigenvalue weighted by atomic mass is 10.0. The number of para-hydroxylation sites is 1. The number of carbonyl (C=O) groups excluding carboxylic acids is 4. The van der Waals surface area contributed by atoms with Gasteiger partial charge in [0, 0.05) is 36.6 Å². The summed E-state index contributed by atoms with van der Waals surface area (Å²) < 4.78 is 10.8. The van der Waals surface area contributed by atoms with Gasteiger partial charge in [-0.1, -0.05) is 78.9 Å². The van der Waals surface area contributed by atoms with Gasteiger partial charge in [0.15, 0.2) is 0 Å². The van der Waals surface area contributed by atoms with E-state index in [4.69, 9.17) is 9.47 Å². The van der Waals surface area contributed by atoms with Gasteiger partial charge in [0.05, 0.1) is 12.5 Å². The highest BCUT2D eigenvalue weighted by Crippen LogP contribution is 2.20. The SMILES string of the molecule is CC(C)(C)OC(=O)NC(Cc1c[nH]c2ccccc12)C(=O)NC(CCCCNC(=O)OCc1ccccc1)C1=NC(CC(=O)O)C(=O)N(CCc2ccccc2)N1. The zero-order valence-corrected chi connectivity index (χ0v) is 32.5. The predicted molar refractivity (Wildman–Crippen MR) is 214 cm³/mol. The minimum atomic E-state index is -1.24. The van der Waals surface area contributed by atoms with E-state index >= 15 is 0 Å². The van der Waals surface area contributed by atoms with Crippen molar-refractivity contribution in [2.45, 2.75) is 89.6 Å². The Kier molecular flexibility index (Phi) is 14.6. The summed E-state index contributed by atoms with van der Waals surface area (Å²) in [4.78, 5) is 72.9. The molecule has 3 aromatic carbocycles. The number of fused-ring (bicyclic) bond motifs is 1. The van der Waals surface area contributed by atoms with Crippen LogP contribution in [-0.2, 0) is 43.3 Å². The van der Waals surface area contributed by atoms with Gasteiger partial charge in [-0.3, -0.25) is 29.8 Å². The third-order valence-corrected chi connectivity index (χ3v) is 9.09. The molecule has 1 aliphatic rings. The molecule has 302 valence electrons. The molecule has 0 saturated heterocycles. The number of carboxylic acids is 1. The number of alkyl carbamates (subject to hydrolysis) is 2. The van der Waals surface area contributed by atoms with E-state index in [0.717, 1.165) is 27.6 Å². The molecule has 3 unspecified atom stereocenters. The number of hydrazine groups is 1. The number of aromatic amines is 1. The molecule has 3 atom stereocenters. The molecule has 15 heteroatoms. The number of rotatable bonds is 18. The fourth-order valence-electron chi connectivity index (χ4n) is 6.31. The molecule has 57 heavy (non-hydrogen) atoms. The first-order valence-electron chi connectivity index (χ1n) is 19.1. The lowest BCUT2D eigenvalue weighted by molar-refractivity contribution is -0.143. The van der Waals surface area contributed by atoms with Crippen LogP contribution in [0.2, 0.25) is 0 Å². The maximum absolute atomic E-state index is 14.3. The van der Waals surface area contributed by atoms with Crippen LogP contribution in [0.15, 0.2) is 96.1 Å². The number of ether oxygens (including phenoxy) is 2. The zero-order valence-electron chi connectivity index (χ0n) is 32.5. The maximum Gasteiger partial charge on any atom is 0.408 e. The van der Waals surface area contributed by atoms with E-state index in [1.54, 1.807) is 27.0 Å². The van der Waals surface area contributed by atoms with Crippen molar-refractivity contribution in [3.8, 4) is 0 Å². The summed E-state index contributed by atoms with van der Waals surface area (Å²) in [6.07, 6.45) is 1.72. The van der Waals surface area contributed by atoms with Crippen LogP contribution >= 0.6 is 0 Å². The molecule has 0 fully saturated rings. The molecule has 1 aliphatic heterocycles. The number of unbranched alkanes of at least 4 members (excludes halogenated alkanes) is 1. The fraction of sp³-hybridized carbons (Fsp3) is 0.381. The Morgan fingerprint density at radius 3 is 2.28 bits per heavy atom. The molecule has 6 N–H and O–H groups in total. The summed E-state index contributed by atoms with van der Waals surface area (Å²) in [5.41, 5.74) is 5.73. The fourth-order valence-corrected chi connectivity index (χ4v) is 6.31. The average Bonchev–Trinajstić information content (AvgIpc) is 3.59. The number of aliphatic carboxylic acids is 1. The number of amidine groups is 1. The molecule has 0 saturated carbocycles. The van der Waals surface area contributed by atoms with Gasteiger partial charge in [-0.05, 0) is 69.2 Å². The van der Waals surface area contributed by atoms with Crippen molar-refractivity contribution in [2.24, 2.45) is 4.99 Å². The van der Waals surface area contributed by atoms with Gasteiger partial charge in [-0.2, -0.15) is 0 Å². The van der Waals surface area contributed by atoms with Gasteiger partial charge in [-0.15, -0.1) is 0 Å². The van der Waals surface area contributed by atoms with Crippen LogP contribution in [0.3, 0.4) is 0 Å². The second kappa shape index (κ2) is 20.0. The van der Waals surface area contributed by atoms with Crippen molar-refractivity contribution >= 4 is 46.7 Å². The largest absolute Gasteiger partial charge is 0.481 e. The van der Waals surface area contributed by atoms with Crippen molar-refractivity contribution < 1.29 is 38.6 Å². The quantitative estimate of drug-likeness (QED) is 0.0750. The second-order valence-corrected chi connectivity index (χ2v) is 14.8. The summed E-state index contributed by atoms with van der Waals surface area (Å²) in [5.74, 6) is -2.07. The van der Waals surface area contributed by atoms with Crippen LogP contribution in [-0.4, -0.2) is 87.7 Å². The number of H-pyrrole nitrogens is 1. The number of aliphatic imine (C=N–C) groups is 1. The Hall–Kier alpha value is -6.38. The van der Waals surface area contributed by atoms with Crippen molar-refractivity contribution in [3.05, 3.63) is 108 Å². The molecule has 2 heterocycles. The number of aromatic nitrogens is 1. The summed E-state index contributed by atoms with van der Waals surface area (Å²) in [6.45, 7) is 5.78. The van der Waals surface area contributed by atoms with E-state index in [-0.39, 0.29) is 38.4 Å². The minimum Gasteiger partial charge on any atom is -0.481 e. The van der Waals surface area contributed by atoms with Crippen LogP contribution in [0.5, 0.6) is 0 Å². The third kappa shape index (κ3) is 13.1. The Morgan fingerprint density at radius 2 is 1.58 bits per heavy atom. The Bertz CT molecular complexity index is 2010. The zero-order chi connectivity index (χ0) is 40.8. The van der Waals surface area contributed by atoms with Crippen LogP contribution in [0.25, 0.3) is 10.9 Å². The van der Waals surface area contributed by atoms with E-state index < -0.39 is 60.1 Å². The minimum absolute atomic E-state index is 0.111. The molecular formula is C42H51N7O8. The van der Waals surface area contributed by atoms with Gasteiger partial charge < -0.3 is 35.5 Å². The molecule has 0 aliphatic carbocycles. The first kappa shape index (κ1) is 41.8. The highest BCUT2D eigenvalue weighted by atomic mass is 16.6. The van der Waals surface area contributed by atoms with Crippen LogP contribution in [0.4, 0.5) is 9.59 Å². The smallest absolute Gasteiger partial charge is 0.408 e. The number of hydrogen-bond donors (Lipinski definition) is 6. The lowest BCUT2D eigenvalue weighted by Gasteiger charge is -2.35. The van der Waals surface area contributed by atoms with Crippen LogP contribution in [0.1, 0.15) is 63.1 Å². The Morgan fingerprint density at radius 1 is 0.895 bits per heavy atom. The van der Waals surface area contributed by atoms with Gasteiger partial charge in [-0.25, -0.2) is 9.59 Å². The van der Waals surface area contributed by atoms with Crippen molar-refractivity contribution in [1.29, 1.82) is 0 Å². The number of nitrogens with one attached hydrogen (secondary N) is 5. The van der Waals surface area contributed by atoms with Gasteiger partial charge in [0.25, 0.3) is 5.91 Å². The van der Waals surface area contributed by atoms with E-state index in [9.17, 15) is 29.1 Å². The van der Waals surface area contributed by atoms with Crippen molar-refractivity contribution in [3.63, 3.8) is 0 Å². The summed E-state index contributed by atoms with van der Waals surface area (Å²) >= 11 is 0. The van der Waals surface area contributed by atoms with Gasteiger partial charge >= 0.3 is 18.2 Å². The number of hydrogen-bond acceptors (Lipinski definition) is 9. The monoisotopic (exact) mass is 781 g/mol. The van der Waals surface area contributed by atoms with E-state index in [0.29, 0.717) is 19.3 Å². The van der Waals surface area contributed by atoms with Crippen LogP contribution < -0.4 is 21.4 Å². The lowest BCUT2D eigenvalue weighted by Crippen LogP contribution is -2.62. The number of carboxylic acid groups (broad SMARTS) is 1. The predicted octanol–water partition coefficient (Wildman–Crippen LogP) is 5.02. The second-order valence-electron chi connectivity index (χ2n) is 14.8. The molecule has 0 spiro atoms. The van der Waals surface area contributed by atoms with Crippen LogP contribution in [0, 0.1) is 0 Å². The first-order valence-corrected chi connectivity index (χ1v) is 19.1. The Labute approximate surface area is 331 Å². The van der Waals surface area contributed by atoms with Gasteiger partial charge in [0.2, 0.25) is 5.91 Å². The summed E-state index contributed by atoms with van der Waals surface area (Å²) in [6, 6.07) is 23.3. The maximum atomic E-state index is 14.3. The molecular weight excluding hydrogens is 731 g/mol. The average molecular weight is 782 g/mol. The number of nitrogens with zero attached hydrogens (tertiary/aromatic N) is 2. The molecule has 5 rings (SSSR count). The molecule has 1 aromatic heterocycles. The summed E-state index contributed by atoms with van der Waals surface area (Å²) in [5, 5.41) is 20.4. The molecule has 0 bridgehead atoms. The third-order valence-electron chi connectivity index (χ3n) is 9.09. The van der Waals surface area contributed by atoms with E-state index in [2.05, 4.69) is 31.4 Å². The number of amides is 4. The first-order chi connectivity index (χ1) is 27.3. The van der Waals surface area contributed by atoms with Gasteiger partial charge in [0.1, 0.15) is 30.1 Å². The van der Waals surface area contributed by atoms with Crippen molar-refractivity contribution in [1.82, 2.24) is 31.4 Å². The van der Waals surface area contributed by atoms with E-state index in [1.165, 1.54) is 5.01 Å². The van der Waals surface area contributed by atoms with Crippen molar-refractivity contribution in [2.75, 3.05) is 13.1 Å². The molecule has 4 amide bonds. The topological polar surface area (TPSA) is 204 Å². The Balaban J connectivity index is 1.35. The molecule has 4 aromatic rings. The molecule has 15 nitrogen and oxygen atoms in total. The summed E-state index contributed by atoms with van der Waals surface area (Å²) in [7, 11) is 0. The molecule has 0 radical (unpaired) electrons. The normalized spacial score (nSPS) is 15.1. The standard InChI is InChI=1S/C42H51N7O8/c1-42(2,3)57-41(55)47-34(24-30-26-44-32-19-11-10-18-31(30)32)38(52)46-33(20-12-13-22-43-40(54)56-27-29-16-8-5-9-17-29)37-45-35(25-36(50)51)39(53)49(48-37)23-21-28-14-6-4-7-15-28/h4-11,14-19,26,33-35,44H,12-13,20-25,27H2,1-3H3,(H,43,54)(H,45,48)(H,46,52)(H,47,55)(H,50,51). The highest BCUT2D eigenvalue weighted by molar-refractivity contribution is 6.00. The number of carbonyl (C=O) groups is 5. The van der Waals surface area contributed by atoms with E-state index in [1.807, 2.05) is 84.9 Å². The number of benzene rings is 3. The highest BCUT2D eigenvalue weighted by Gasteiger charge is 2.36.